The molecule has 0 N–H and O–H groups in total. The van der Waals surface area contributed by atoms with Gasteiger partial charge >= 0.3 is 0 Å². The van der Waals surface area contributed by atoms with Crippen molar-refractivity contribution in [1.29, 1.82) is 0 Å². The second-order valence-corrected chi connectivity index (χ2v) is 5.34. The van der Waals surface area contributed by atoms with Crippen LogP contribution in [0.1, 0.15) is 11.3 Å². The van der Waals surface area contributed by atoms with Crippen LogP contribution in [0.2, 0.25) is 0 Å². The van der Waals surface area contributed by atoms with Gasteiger partial charge in [-0.25, -0.2) is 8.42 Å². The van der Waals surface area contributed by atoms with Crippen molar-refractivity contribution >= 4 is 19.7 Å². The Balaban J connectivity index is 2.99. The van der Waals surface area contributed by atoms with Crippen LogP contribution in [0.4, 0.5) is 0 Å². The summed E-state index contributed by atoms with van der Waals surface area (Å²) in [4.78, 5) is 0. The molecule has 0 aliphatic rings. The van der Waals surface area contributed by atoms with Gasteiger partial charge in [0.2, 0.25) is 9.05 Å². The maximum absolute atomic E-state index is 10.7. The summed E-state index contributed by atoms with van der Waals surface area (Å²) < 4.78 is 23.0. The minimum atomic E-state index is -3.47. The average Bonchev–Trinajstić information content (AvgIpc) is 2.16. The molecule has 0 radical (unpaired) electrons. The van der Waals surface area contributed by atoms with Crippen LogP contribution in [0, 0.1) is 6.92 Å². The fourth-order valence-electron chi connectivity index (χ4n) is 0.872. The fraction of sp³-hybridized carbons (Fsp3) is 0.500. The Hall–Kier alpha value is -0.550. The quantitative estimate of drug-likeness (QED) is 0.676. The van der Waals surface area contributed by atoms with Gasteiger partial charge in [-0.05, 0) is 6.92 Å². The third kappa shape index (κ3) is 2.22. The summed E-state index contributed by atoms with van der Waals surface area (Å²) >= 11 is 0. The molecule has 0 bridgehead atoms. The van der Waals surface area contributed by atoms with Crippen molar-refractivity contribution in [2.45, 2.75) is 12.7 Å². The predicted molar refractivity (Wildman–Crippen MR) is 46.4 cm³/mol. The first-order valence-electron chi connectivity index (χ1n) is 3.30. The topological polar surface area (TPSA) is 52.0 Å². The van der Waals surface area contributed by atoms with Crippen LogP contribution in [-0.4, -0.2) is 18.2 Å². The molecule has 0 spiro atoms. The number of aromatic nitrogens is 2. The van der Waals surface area contributed by atoms with E-state index in [4.69, 9.17) is 10.7 Å². The first kappa shape index (κ1) is 9.54. The minimum absolute atomic E-state index is 0.159. The molecule has 0 unspecified atom stereocenters. The Morgan fingerprint density at radius 2 is 2.25 bits per heavy atom. The third-order valence-electron chi connectivity index (χ3n) is 1.66. The molecule has 0 amide bonds. The zero-order valence-corrected chi connectivity index (χ0v) is 8.35. The lowest BCUT2D eigenvalue weighted by Gasteiger charge is -1.96. The van der Waals surface area contributed by atoms with Crippen LogP contribution in [0.3, 0.4) is 0 Å². The van der Waals surface area contributed by atoms with Gasteiger partial charge in [-0.3, -0.25) is 4.68 Å². The summed E-state index contributed by atoms with van der Waals surface area (Å²) in [5.74, 6) is -0.159. The molecule has 68 valence electrons. The molecule has 6 heteroatoms. The van der Waals surface area contributed by atoms with Gasteiger partial charge in [0.25, 0.3) is 0 Å². The van der Waals surface area contributed by atoms with Crippen LogP contribution in [0.25, 0.3) is 0 Å². The van der Waals surface area contributed by atoms with Gasteiger partial charge in [0.05, 0.1) is 11.9 Å². The molecule has 1 aromatic rings. The van der Waals surface area contributed by atoms with Crippen molar-refractivity contribution in [3.05, 3.63) is 17.5 Å². The lowest BCUT2D eigenvalue weighted by molar-refractivity contribution is 0.608. The fourth-order valence-corrected chi connectivity index (χ4v) is 1.88. The van der Waals surface area contributed by atoms with E-state index in [1.54, 1.807) is 18.7 Å². The second-order valence-electron chi connectivity index (χ2n) is 2.56. The number of hydrogen-bond donors (Lipinski definition) is 0. The summed E-state index contributed by atoms with van der Waals surface area (Å²) in [6, 6.07) is 0. The largest absolute Gasteiger partial charge is 0.273 e. The normalized spacial score (nSPS) is 11.9. The standard InChI is InChI=1S/C6H9ClN2O2S/c1-5-6(3-8-9(5)2)4-12(7,10)11/h3H,4H2,1-2H3. The molecular formula is C6H9ClN2O2S. The monoisotopic (exact) mass is 208 g/mol. The van der Waals surface area contributed by atoms with Crippen molar-refractivity contribution in [3.8, 4) is 0 Å². The zero-order valence-electron chi connectivity index (χ0n) is 6.78. The Kier molecular flexibility index (Phi) is 2.44. The summed E-state index contributed by atoms with van der Waals surface area (Å²) in [6.07, 6.45) is 1.51. The molecule has 0 saturated heterocycles. The molecule has 0 saturated carbocycles. The van der Waals surface area contributed by atoms with E-state index in [1.807, 2.05) is 0 Å². The van der Waals surface area contributed by atoms with Crippen LogP contribution < -0.4 is 0 Å². The highest BCUT2D eigenvalue weighted by Crippen LogP contribution is 2.12. The van der Waals surface area contributed by atoms with E-state index in [2.05, 4.69) is 5.10 Å². The molecule has 12 heavy (non-hydrogen) atoms. The van der Waals surface area contributed by atoms with Crippen molar-refractivity contribution in [3.63, 3.8) is 0 Å². The van der Waals surface area contributed by atoms with Gasteiger partial charge in [-0.2, -0.15) is 5.10 Å². The van der Waals surface area contributed by atoms with E-state index < -0.39 is 9.05 Å². The van der Waals surface area contributed by atoms with E-state index in [0.717, 1.165) is 5.69 Å². The highest BCUT2D eigenvalue weighted by Gasteiger charge is 2.11. The molecule has 0 fully saturated rings. The van der Waals surface area contributed by atoms with E-state index in [0.29, 0.717) is 5.56 Å². The zero-order chi connectivity index (χ0) is 9.35. The van der Waals surface area contributed by atoms with Gasteiger partial charge < -0.3 is 0 Å². The maximum Gasteiger partial charge on any atom is 0.236 e. The predicted octanol–water partition coefficient (Wildman–Crippen LogP) is 0.797. The molecule has 1 rings (SSSR count). The summed E-state index contributed by atoms with van der Waals surface area (Å²) in [7, 11) is 3.37. The van der Waals surface area contributed by atoms with Gasteiger partial charge in [0, 0.05) is 29.0 Å². The Labute approximate surface area is 75.6 Å². The smallest absolute Gasteiger partial charge is 0.236 e. The summed E-state index contributed by atoms with van der Waals surface area (Å²) in [5.41, 5.74) is 1.46. The highest BCUT2D eigenvalue weighted by atomic mass is 35.7. The number of hydrogen-bond acceptors (Lipinski definition) is 3. The lowest BCUT2D eigenvalue weighted by atomic mass is 10.3. The molecule has 0 atom stereocenters. The molecule has 4 nitrogen and oxygen atoms in total. The maximum atomic E-state index is 10.7. The van der Waals surface area contributed by atoms with Gasteiger partial charge in [-0.15, -0.1) is 0 Å². The molecule has 1 aromatic heterocycles. The molecular weight excluding hydrogens is 200 g/mol. The van der Waals surface area contributed by atoms with E-state index >= 15 is 0 Å². The number of aryl methyl sites for hydroxylation is 1. The Morgan fingerprint density at radius 3 is 2.58 bits per heavy atom. The number of nitrogens with zero attached hydrogens (tertiary/aromatic N) is 2. The van der Waals surface area contributed by atoms with Gasteiger partial charge in [0.1, 0.15) is 0 Å². The second kappa shape index (κ2) is 3.06. The number of rotatable bonds is 2. The Morgan fingerprint density at radius 1 is 1.67 bits per heavy atom. The van der Waals surface area contributed by atoms with Gasteiger partial charge in [0.15, 0.2) is 0 Å². The van der Waals surface area contributed by atoms with Crippen molar-refractivity contribution in [1.82, 2.24) is 9.78 Å². The lowest BCUT2D eigenvalue weighted by Crippen LogP contribution is -1.98. The summed E-state index contributed by atoms with van der Waals surface area (Å²) in [5, 5.41) is 3.89. The number of halogens is 1. The molecule has 0 aliphatic carbocycles. The average molecular weight is 209 g/mol. The summed E-state index contributed by atoms with van der Waals surface area (Å²) in [6.45, 7) is 1.80. The SMILES string of the molecule is Cc1c(CS(=O)(=O)Cl)cnn1C. The highest BCUT2D eigenvalue weighted by molar-refractivity contribution is 8.13. The first-order valence-corrected chi connectivity index (χ1v) is 5.78. The first-order chi connectivity index (χ1) is 5.40. The molecule has 0 aromatic carbocycles. The Bertz CT molecular complexity index is 382. The van der Waals surface area contributed by atoms with Crippen LogP contribution in [0.5, 0.6) is 0 Å². The van der Waals surface area contributed by atoms with Crippen LogP contribution >= 0.6 is 10.7 Å². The van der Waals surface area contributed by atoms with E-state index in [-0.39, 0.29) is 5.75 Å². The van der Waals surface area contributed by atoms with Crippen LogP contribution in [-0.2, 0) is 21.9 Å². The van der Waals surface area contributed by atoms with Crippen molar-refractivity contribution in [2.24, 2.45) is 7.05 Å². The third-order valence-corrected chi connectivity index (χ3v) is 2.65. The van der Waals surface area contributed by atoms with E-state index in [9.17, 15) is 8.42 Å². The molecule has 0 aliphatic heterocycles. The van der Waals surface area contributed by atoms with E-state index in [1.165, 1.54) is 6.20 Å². The van der Waals surface area contributed by atoms with Crippen molar-refractivity contribution in [2.75, 3.05) is 0 Å². The minimum Gasteiger partial charge on any atom is -0.273 e. The molecule has 1 heterocycles. The van der Waals surface area contributed by atoms with Gasteiger partial charge in [-0.1, -0.05) is 0 Å². The van der Waals surface area contributed by atoms with Crippen molar-refractivity contribution < 1.29 is 8.42 Å². The van der Waals surface area contributed by atoms with Crippen LogP contribution in [0.15, 0.2) is 6.20 Å².